The lowest BCUT2D eigenvalue weighted by Crippen LogP contribution is -2.40. The number of amides is 1. The van der Waals surface area contributed by atoms with Crippen LogP contribution in [0.2, 0.25) is 0 Å². The normalized spacial score (nSPS) is 16.6. The summed E-state index contributed by atoms with van der Waals surface area (Å²) < 4.78 is 0. The van der Waals surface area contributed by atoms with E-state index in [4.69, 9.17) is 4.98 Å². The van der Waals surface area contributed by atoms with Crippen LogP contribution in [0, 0.1) is 6.92 Å². The minimum absolute atomic E-state index is 0.0280. The number of nitrogens with one attached hydrogen (secondary N) is 1. The Morgan fingerprint density at radius 1 is 1.17 bits per heavy atom. The number of aryl methyl sites for hydroxylation is 1. The molecule has 0 saturated carbocycles. The Morgan fingerprint density at radius 2 is 1.93 bits per heavy atom. The summed E-state index contributed by atoms with van der Waals surface area (Å²) in [6, 6.07) is 13.2. The molecule has 4 rings (SSSR count). The Morgan fingerprint density at radius 3 is 2.69 bits per heavy atom. The molecule has 0 bridgehead atoms. The number of piperidine rings is 1. The van der Waals surface area contributed by atoms with Gasteiger partial charge in [0.15, 0.2) is 0 Å². The Labute approximate surface area is 169 Å². The molecule has 1 aliphatic rings. The molecule has 1 N–H and O–H groups in total. The largest absolute Gasteiger partial charge is 0.342 e. The fourth-order valence-electron chi connectivity index (χ4n) is 3.76. The number of hydrogen-bond donors (Lipinski definition) is 1. The van der Waals surface area contributed by atoms with E-state index >= 15 is 0 Å². The van der Waals surface area contributed by atoms with Crippen molar-refractivity contribution in [1.82, 2.24) is 19.9 Å². The second-order valence-electron chi connectivity index (χ2n) is 7.59. The number of H-pyrrole nitrogens is 1. The maximum absolute atomic E-state index is 12.8. The lowest BCUT2D eigenvalue weighted by Gasteiger charge is -2.32. The molecule has 1 saturated heterocycles. The SMILES string of the molecule is Cc1ccc(CC(=O)N2CCCC(c3nc(-c4ccncc4)cc(=O)[nH]3)C2)cc1. The average Bonchev–Trinajstić information content (AvgIpc) is 2.75. The molecule has 3 aromatic rings. The number of carbonyl (C=O) groups excluding carboxylic acids is 1. The fraction of sp³-hybridized carbons (Fsp3) is 0.304. The van der Waals surface area contributed by atoms with Gasteiger partial charge in [0.25, 0.3) is 5.56 Å². The molecule has 29 heavy (non-hydrogen) atoms. The minimum Gasteiger partial charge on any atom is -0.342 e. The van der Waals surface area contributed by atoms with E-state index < -0.39 is 0 Å². The fourth-order valence-corrected chi connectivity index (χ4v) is 3.76. The van der Waals surface area contributed by atoms with Crippen LogP contribution >= 0.6 is 0 Å². The summed E-state index contributed by atoms with van der Waals surface area (Å²) in [5.41, 5.74) is 3.52. The molecule has 3 heterocycles. The number of aromatic nitrogens is 3. The van der Waals surface area contributed by atoms with Crippen LogP contribution in [0.4, 0.5) is 0 Å². The standard InChI is InChI=1S/C23H24N4O2/c1-16-4-6-17(7-5-16)13-22(29)27-12-2-3-19(15-27)23-25-20(14-21(28)26-23)18-8-10-24-11-9-18/h4-11,14,19H,2-3,12-13,15H2,1H3,(H,25,26,28). The van der Waals surface area contributed by atoms with Crippen molar-refractivity contribution < 1.29 is 4.79 Å². The maximum Gasteiger partial charge on any atom is 0.251 e. The van der Waals surface area contributed by atoms with Gasteiger partial charge in [-0.15, -0.1) is 0 Å². The molecule has 0 aliphatic carbocycles. The number of aromatic amines is 1. The maximum atomic E-state index is 12.8. The van der Waals surface area contributed by atoms with Gasteiger partial charge in [-0.05, 0) is 37.5 Å². The Hall–Kier alpha value is -3.28. The number of hydrogen-bond acceptors (Lipinski definition) is 4. The Balaban J connectivity index is 1.51. The molecular weight excluding hydrogens is 364 g/mol. The van der Waals surface area contributed by atoms with Crippen molar-refractivity contribution in [3.63, 3.8) is 0 Å². The highest BCUT2D eigenvalue weighted by molar-refractivity contribution is 5.79. The summed E-state index contributed by atoms with van der Waals surface area (Å²) >= 11 is 0. The van der Waals surface area contributed by atoms with E-state index in [0.29, 0.717) is 24.5 Å². The van der Waals surface area contributed by atoms with Crippen LogP contribution in [0.15, 0.2) is 59.7 Å². The number of likely N-dealkylation sites (tertiary alicyclic amines) is 1. The molecule has 1 aromatic carbocycles. The van der Waals surface area contributed by atoms with Crippen molar-refractivity contribution in [1.29, 1.82) is 0 Å². The van der Waals surface area contributed by atoms with Crippen LogP contribution in [-0.4, -0.2) is 38.8 Å². The van der Waals surface area contributed by atoms with Crippen LogP contribution in [0.1, 0.15) is 35.7 Å². The molecule has 148 valence electrons. The smallest absolute Gasteiger partial charge is 0.251 e. The summed E-state index contributed by atoms with van der Waals surface area (Å²) in [7, 11) is 0. The van der Waals surface area contributed by atoms with Crippen LogP contribution in [-0.2, 0) is 11.2 Å². The van der Waals surface area contributed by atoms with E-state index in [2.05, 4.69) is 9.97 Å². The van der Waals surface area contributed by atoms with Crippen molar-refractivity contribution >= 4 is 5.91 Å². The highest BCUT2D eigenvalue weighted by atomic mass is 16.2. The number of benzene rings is 1. The second-order valence-corrected chi connectivity index (χ2v) is 7.59. The van der Waals surface area contributed by atoms with Crippen molar-refractivity contribution in [3.8, 4) is 11.3 Å². The van der Waals surface area contributed by atoms with E-state index in [0.717, 1.165) is 30.5 Å². The van der Waals surface area contributed by atoms with Crippen LogP contribution in [0.25, 0.3) is 11.3 Å². The van der Waals surface area contributed by atoms with Gasteiger partial charge >= 0.3 is 0 Å². The van der Waals surface area contributed by atoms with Gasteiger partial charge < -0.3 is 9.88 Å². The lowest BCUT2D eigenvalue weighted by molar-refractivity contribution is -0.131. The van der Waals surface area contributed by atoms with Gasteiger partial charge in [0.2, 0.25) is 5.91 Å². The van der Waals surface area contributed by atoms with E-state index in [9.17, 15) is 9.59 Å². The van der Waals surface area contributed by atoms with Crippen LogP contribution in [0.5, 0.6) is 0 Å². The third-order valence-corrected chi connectivity index (χ3v) is 5.37. The van der Waals surface area contributed by atoms with Crippen molar-refractivity contribution in [2.24, 2.45) is 0 Å². The molecular formula is C23H24N4O2. The first-order chi connectivity index (χ1) is 14.1. The van der Waals surface area contributed by atoms with Gasteiger partial charge in [-0.1, -0.05) is 29.8 Å². The van der Waals surface area contributed by atoms with E-state index in [1.165, 1.54) is 11.6 Å². The van der Waals surface area contributed by atoms with Gasteiger partial charge in [-0.2, -0.15) is 0 Å². The van der Waals surface area contributed by atoms with Crippen molar-refractivity contribution in [3.05, 3.63) is 82.2 Å². The zero-order valence-corrected chi connectivity index (χ0v) is 16.5. The van der Waals surface area contributed by atoms with Gasteiger partial charge in [0.05, 0.1) is 12.1 Å². The summed E-state index contributed by atoms with van der Waals surface area (Å²) in [4.78, 5) is 38.5. The number of nitrogens with zero attached hydrogens (tertiary/aromatic N) is 3. The topological polar surface area (TPSA) is 79.0 Å². The molecule has 1 aliphatic heterocycles. The predicted octanol–water partition coefficient (Wildman–Crippen LogP) is 3.09. The molecule has 6 nitrogen and oxygen atoms in total. The summed E-state index contributed by atoms with van der Waals surface area (Å²) in [5.74, 6) is 0.795. The van der Waals surface area contributed by atoms with Crippen LogP contribution < -0.4 is 5.56 Å². The summed E-state index contributed by atoms with van der Waals surface area (Å²) in [5, 5.41) is 0. The molecule has 0 spiro atoms. The molecule has 6 heteroatoms. The molecule has 1 unspecified atom stereocenters. The number of carbonyl (C=O) groups is 1. The van der Waals surface area contributed by atoms with Crippen molar-refractivity contribution in [2.45, 2.75) is 32.1 Å². The molecule has 1 atom stereocenters. The predicted molar refractivity (Wildman–Crippen MR) is 112 cm³/mol. The molecule has 1 fully saturated rings. The Kier molecular flexibility index (Phi) is 5.51. The summed E-state index contributed by atoms with van der Waals surface area (Å²) in [6.07, 6.45) is 5.56. The molecule has 2 aromatic heterocycles. The zero-order valence-electron chi connectivity index (χ0n) is 16.5. The highest BCUT2D eigenvalue weighted by Gasteiger charge is 2.26. The first-order valence-corrected chi connectivity index (χ1v) is 9.93. The van der Waals surface area contributed by atoms with Gasteiger partial charge in [0.1, 0.15) is 5.82 Å². The highest BCUT2D eigenvalue weighted by Crippen LogP contribution is 2.26. The third kappa shape index (κ3) is 4.59. The number of rotatable bonds is 4. The second kappa shape index (κ2) is 8.39. The number of pyridine rings is 1. The van der Waals surface area contributed by atoms with E-state index in [1.54, 1.807) is 12.4 Å². The molecule has 1 amide bonds. The van der Waals surface area contributed by atoms with Gasteiger partial charge in [-0.25, -0.2) is 4.98 Å². The summed E-state index contributed by atoms with van der Waals surface area (Å²) in [6.45, 7) is 3.36. The minimum atomic E-state index is -0.176. The third-order valence-electron chi connectivity index (χ3n) is 5.37. The average molecular weight is 388 g/mol. The first kappa shape index (κ1) is 19.1. The van der Waals surface area contributed by atoms with Gasteiger partial charge in [0, 0.05) is 43.0 Å². The zero-order chi connectivity index (χ0) is 20.2. The van der Waals surface area contributed by atoms with Crippen molar-refractivity contribution in [2.75, 3.05) is 13.1 Å². The quantitative estimate of drug-likeness (QED) is 0.745. The Bertz CT molecular complexity index is 1040. The van der Waals surface area contributed by atoms with Gasteiger partial charge in [-0.3, -0.25) is 14.6 Å². The first-order valence-electron chi connectivity index (χ1n) is 9.93. The monoisotopic (exact) mass is 388 g/mol. The van der Waals surface area contributed by atoms with Crippen LogP contribution in [0.3, 0.4) is 0 Å². The van der Waals surface area contributed by atoms with E-state index in [-0.39, 0.29) is 17.4 Å². The van der Waals surface area contributed by atoms with E-state index in [1.807, 2.05) is 48.2 Å². The molecule has 0 radical (unpaired) electrons. The lowest BCUT2D eigenvalue weighted by atomic mass is 9.96.